The van der Waals surface area contributed by atoms with Crippen molar-refractivity contribution >= 4 is 44.8 Å². The number of anilines is 3. The minimum absolute atomic E-state index is 0.00215. The van der Waals surface area contributed by atoms with E-state index in [-0.39, 0.29) is 82.3 Å². The Morgan fingerprint density at radius 2 is 1.93 bits per heavy atom. The van der Waals surface area contributed by atoms with E-state index in [1.165, 1.54) is 18.1 Å². The molecule has 3 amide bonds. The van der Waals surface area contributed by atoms with Crippen LogP contribution in [0.4, 0.5) is 17.2 Å². The van der Waals surface area contributed by atoms with E-state index in [9.17, 15) is 22.8 Å². The Balaban J connectivity index is 1.44. The second-order valence-electron chi connectivity index (χ2n) is 9.09. The molecule has 210 valence electrons. The number of aromatic nitrogens is 4. The number of carbonyl (C=O) groups excluding carboxylic acids is 3. The van der Waals surface area contributed by atoms with Gasteiger partial charge in [-0.3, -0.25) is 14.4 Å². The number of hydrogen-bond donors (Lipinski definition) is 3. The molecule has 0 spiro atoms. The molecule has 3 N–H and O–H groups in total. The van der Waals surface area contributed by atoms with Gasteiger partial charge in [-0.2, -0.15) is 4.98 Å². The molecule has 3 aromatic rings. The Morgan fingerprint density at radius 3 is 2.62 bits per heavy atom. The Kier molecular flexibility index (Phi) is 6.34. The first-order chi connectivity index (χ1) is 20.3. The van der Waals surface area contributed by atoms with Crippen LogP contribution < -0.4 is 20.7 Å². The predicted octanol–water partition coefficient (Wildman–Crippen LogP) is 0.857. The highest BCUT2D eigenvalue weighted by atomic mass is 32.2. The van der Waals surface area contributed by atoms with Crippen LogP contribution in [0.1, 0.15) is 38.1 Å². The number of ether oxygens (including phenoxy) is 1. The number of nitrogens with zero attached hydrogens (tertiary/aromatic N) is 5. The van der Waals surface area contributed by atoms with Crippen LogP contribution in [0, 0.1) is 5.92 Å². The van der Waals surface area contributed by atoms with Gasteiger partial charge in [0.05, 0.1) is 35.6 Å². The summed E-state index contributed by atoms with van der Waals surface area (Å²) < 4.78 is 56.3. The average molecular weight is 574 g/mol. The maximum absolute atomic E-state index is 12.8. The zero-order valence-corrected chi connectivity index (χ0v) is 21.9. The number of methoxy groups -OCH3 is 1. The Labute approximate surface area is 232 Å². The Morgan fingerprint density at radius 1 is 1.15 bits per heavy atom. The third-order valence-corrected chi connectivity index (χ3v) is 7.90. The molecule has 1 aliphatic carbocycles. The number of carbonyl (C=O) groups is 3. The fourth-order valence-electron chi connectivity index (χ4n) is 4.00. The largest absolute Gasteiger partial charge is 0.494 e. The quantitative estimate of drug-likeness (QED) is 0.344. The van der Waals surface area contributed by atoms with Gasteiger partial charge in [0, 0.05) is 36.2 Å². The first kappa shape index (κ1) is 23.3. The third kappa shape index (κ3) is 5.70. The number of hydrogen-bond acceptors (Lipinski definition) is 12. The van der Waals surface area contributed by atoms with Crippen LogP contribution in [0.15, 0.2) is 28.8 Å². The van der Waals surface area contributed by atoms with Gasteiger partial charge < -0.3 is 30.1 Å². The van der Waals surface area contributed by atoms with E-state index in [4.69, 9.17) is 13.4 Å². The summed E-state index contributed by atoms with van der Waals surface area (Å²) in [4.78, 5) is 43.4. The number of amides is 3. The first-order valence-electron chi connectivity index (χ1n) is 13.6. The Hall–Kier alpha value is -4.60. The maximum atomic E-state index is 12.8. The van der Waals surface area contributed by atoms with Gasteiger partial charge in [-0.15, -0.1) is 10.2 Å². The van der Waals surface area contributed by atoms with Gasteiger partial charge in [-0.05, 0) is 25.0 Å². The van der Waals surface area contributed by atoms with E-state index in [2.05, 4.69) is 31.0 Å². The summed E-state index contributed by atoms with van der Waals surface area (Å²) in [5.41, 5.74) is 0.176. The SMILES string of the molecule is [2H]C([2H])([2H])NC(=O)c1nnc(NC(=O)C2CC2)cc1Nc1cccc(-c2noc(C(=O)N3CCS(=O)(=O)CC3)n2)c1OC. The summed E-state index contributed by atoms with van der Waals surface area (Å²) in [7, 11) is -1.84. The van der Waals surface area contributed by atoms with Crippen molar-refractivity contribution in [1.29, 1.82) is 0 Å². The highest BCUT2D eigenvalue weighted by molar-refractivity contribution is 7.91. The van der Waals surface area contributed by atoms with E-state index >= 15 is 0 Å². The summed E-state index contributed by atoms with van der Waals surface area (Å²) in [5, 5.41) is 19.1. The van der Waals surface area contributed by atoms with E-state index in [1.54, 1.807) is 18.2 Å². The van der Waals surface area contributed by atoms with Crippen molar-refractivity contribution in [2.45, 2.75) is 12.8 Å². The van der Waals surface area contributed by atoms with Gasteiger partial charge in [0.2, 0.25) is 11.7 Å². The van der Waals surface area contributed by atoms with Gasteiger partial charge >= 0.3 is 11.8 Å². The van der Waals surface area contributed by atoms with Crippen LogP contribution in [-0.4, -0.2) is 90.1 Å². The fraction of sp³-hybridized carbons (Fsp3) is 0.375. The summed E-state index contributed by atoms with van der Waals surface area (Å²) in [6, 6.07) is 6.10. The van der Waals surface area contributed by atoms with Gasteiger partial charge in [0.25, 0.3) is 5.91 Å². The van der Waals surface area contributed by atoms with E-state index in [0.29, 0.717) is 0 Å². The second-order valence-corrected chi connectivity index (χ2v) is 11.4. The van der Waals surface area contributed by atoms with E-state index < -0.39 is 28.6 Å². The Bertz CT molecular complexity index is 1680. The molecule has 0 radical (unpaired) electrons. The van der Waals surface area contributed by atoms with Gasteiger partial charge in [-0.25, -0.2) is 8.42 Å². The molecule has 0 unspecified atom stereocenters. The number of sulfone groups is 1. The van der Waals surface area contributed by atoms with Crippen molar-refractivity contribution in [2.24, 2.45) is 5.92 Å². The topological polar surface area (TPSA) is 199 Å². The molecule has 3 heterocycles. The van der Waals surface area contributed by atoms with E-state index in [0.717, 1.165) is 12.8 Å². The standard InChI is InChI=1S/C24H26N8O7S/c1-25-22(34)18-16(12-17(29-30-18)27-21(33)13-6-7-13)26-15-5-3-4-14(19(15)38-2)20-28-23(39-31-20)24(35)32-8-10-40(36,37)11-9-32/h3-5,12-13H,6-11H2,1-2H3,(H,25,34)(H2,26,27,29,33)/i1D3. The van der Waals surface area contributed by atoms with Crippen LogP contribution in [0.25, 0.3) is 11.4 Å². The van der Waals surface area contributed by atoms with Crippen LogP contribution in [0.2, 0.25) is 0 Å². The van der Waals surface area contributed by atoms with Crippen molar-refractivity contribution in [3.63, 3.8) is 0 Å². The lowest BCUT2D eigenvalue weighted by atomic mass is 10.1. The predicted molar refractivity (Wildman–Crippen MR) is 141 cm³/mol. The molecule has 1 saturated carbocycles. The molecule has 15 nitrogen and oxygen atoms in total. The van der Waals surface area contributed by atoms with E-state index in [1.807, 2.05) is 5.32 Å². The molecule has 1 aliphatic heterocycles. The van der Waals surface area contributed by atoms with Gasteiger partial charge in [0.1, 0.15) is 0 Å². The summed E-state index contributed by atoms with van der Waals surface area (Å²) in [5.74, 6) is -2.54. The van der Waals surface area contributed by atoms with Crippen molar-refractivity contribution in [3.8, 4) is 17.1 Å². The zero-order chi connectivity index (χ0) is 30.9. The third-order valence-electron chi connectivity index (χ3n) is 6.29. The molecule has 2 aliphatic rings. The van der Waals surface area contributed by atoms with Crippen molar-refractivity contribution in [3.05, 3.63) is 35.9 Å². The number of benzene rings is 1. The summed E-state index contributed by atoms with van der Waals surface area (Å²) in [6.07, 6.45) is 1.49. The molecular weight excluding hydrogens is 544 g/mol. The second kappa shape index (κ2) is 10.9. The average Bonchev–Trinajstić information content (AvgIpc) is 3.68. The van der Waals surface area contributed by atoms with Crippen LogP contribution in [-0.2, 0) is 14.6 Å². The molecule has 16 heteroatoms. The molecule has 1 aromatic carbocycles. The maximum Gasteiger partial charge on any atom is 0.316 e. The van der Waals surface area contributed by atoms with Crippen molar-refractivity contribution < 1.29 is 36.2 Å². The highest BCUT2D eigenvalue weighted by Crippen LogP contribution is 2.37. The summed E-state index contributed by atoms with van der Waals surface area (Å²) >= 11 is 0. The molecule has 2 fully saturated rings. The normalized spacial score (nSPS) is 17.6. The fourth-order valence-corrected chi connectivity index (χ4v) is 5.20. The number of nitrogens with one attached hydrogen (secondary N) is 3. The molecule has 2 aromatic heterocycles. The van der Waals surface area contributed by atoms with Crippen LogP contribution >= 0.6 is 0 Å². The zero-order valence-electron chi connectivity index (χ0n) is 24.1. The number of para-hydroxylation sites is 1. The molecule has 0 atom stereocenters. The monoisotopic (exact) mass is 573 g/mol. The summed E-state index contributed by atoms with van der Waals surface area (Å²) in [6.45, 7) is -2.80. The first-order valence-corrected chi connectivity index (χ1v) is 13.9. The lowest BCUT2D eigenvalue weighted by Gasteiger charge is -2.24. The lowest BCUT2D eigenvalue weighted by molar-refractivity contribution is -0.117. The molecule has 40 heavy (non-hydrogen) atoms. The van der Waals surface area contributed by atoms with Crippen LogP contribution in [0.5, 0.6) is 5.75 Å². The lowest BCUT2D eigenvalue weighted by Crippen LogP contribution is -2.43. The smallest absolute Gasteiger partial charge is 0.316 e. The van der Waals surface area contributed by atoms with Crippen molar-refractivity contribution in [1.82, 2.24) is 30.6 Å². The minimum atomic E-state index is -3.20. The molecule has 1 saturated heterocycles. The van der Waals surface area contributed by atoms with Crippen LogP contribution in [0.3, 0.4) is 0 Å². The van der Waals surface area contributed by atoms with Gasteiger partial charge in [-0.1, -0.05) is 11.2 Å². The molecular formula is C24H26N8O7S. The highest BCUT2D eigenvalue weighted by Gasteiger charge is 2.31. The van der Waals surface area contributed by atoms with Gasteiger partial charge in [0.15, 0.2) is 27.1 Å². The molecule has 5 rings (SSSR count). The molecule has 0 bridgehead atoms. The number of rotatable bonds is 8. The minimum Gasteiger partial charge on any atom is -0.494 e. The van der Waals surface area contributed by atoms with Crippen molar-refractivity contribution in [2.75, 3.05) is 49.3 Å².